The van der Waals surface area contributed by atoms with Crippen LogP contribution < -0.4 is 4.90 Å². The van der Waals surface area contributed by atoms with E-state index in [1.54, 1.807) is 30.5 Å². The van der Waals surface area contributed by atoms with Gasteiger partial charge in [0.25, 0.3) is 0 Å². The lowest BCUT2D eigenvalue weighted by Crippen LogP contribution is -2.37. The molecule has 9 heteroatoms. The van der Waals surface area contributed by atoms with Crippen LogP contribution >= 0.6 is 0 Å². The SMILES string of the molecule is COC(=O)C1=C(C(=O)OC)N(c2ccc(S(=O)(=O)N3CCC(C)CC3)cc2)C=CC=C1. The third-order valence-corrected chi connectivity index (χ3v) is 7.30. The monoisotopic (exact) mass is 446 g/mol. The van der Waals surface area contributed by atoms with Crippen LogP contribution in [-0.2, 0) is 29.1 Å². The van der Waals surface area contributed by atoms with Crippen LogP contribution in [0.5, 0.6) is 0 Å². The number of methoxy groups -OCH3 is 2. The topological polar surface area (TPSA) is 93.2 Å². The van der Waals surface area contributed by atoms with Crippen molar-refractivity contribution in [2.45, 2.75) is 24.7 Å². The number of rotatable bonds is 5. The first-order chi connectivity index (χ1) is 14.8. The van der Waals surface area contributed by atoms with E-state index in [1.807, 2.05) is 0 Å². The molecular weight excluding hydrogens is 420 g/mol. The maximum absolute atomic E-state index is 13.0. The van der Waals surface area contributed by atoms with Gasteiger partial charge in [-0.05, 0) is 55.2 Å². The number of nitrogens with zero attached hydrogens (tertiary/aromatic N) is 2. The molecule has 0 amide bonds. The summed E-state index contributed by atoms with van der Waals surface area (Å²) in [6.07, 6.45) is 7.99. The maximum Gasteiger partial charge on any atom is 0.355 e. The molecule has 1 saturated heterocycles. The Balaban J connectivity index is 1.96. The smallest absolute Gasteiger partial charge is 0.355 e. The van der Waals surface area contributed by atoms with Gasteiger partial charge in [0.1, 0.15) is 5.70 Å². The Hall–Kier alpha value is -2.91. The number of sulfonamides is 1. The molecule has 1 fully saturated rings. The van der Waals surface area contributed by atoms with Crippen LogP contribution in [0.4, 0.5) is 5.69 Å². The molecule has 2 heterocycles. The molecule has 1 aromatic rings. The predicted octanol–water partition coefficient (Wildman–Crippen LogP) is 2.60. The summed E-state index contributed by atoms with van der Waals surface area (Å²) in [5, 5.41) is 0. The van der Waals surface area contributed by atoms with E-state index in [0.717, 1.165) is 12.8 Å². The number of esters is 2. The molecule has 0 N–H and O–H groups in total. The van der Waals surface area contributed by atoms with Gasteiger partial charge in [-0.25, -0.2) is 18.0 Å². The minimum Gasteiger partial charge on any atom is -0.465 e. The second-order valence-corrected chi connectivity index (χ2v) is 9.33. The van der Waals surface area contributed by atoms with Crippen LogP contribution in [0.1, 0.15) is 19.8 Å². The van der Waals surface area contributed by atoms with Crippen LogP contribution in [0.25, 0.3) is 0 Å². The third kappa shape index (κ3) is 4.72. The van der Waals surface area contributed by atoms with Gasteiger partial charge < -0.3 is 14.4 Å². The van der Waals surface area contributed by atoms with Crippen LogP contribution in [0.15, 0.2) is 64.9 Å². The molecular formula is C22H26N2O6S. The summed E-state index contributed by atoms with van der Waals surface area (Å²) in [5.41, 5.74) is 0.492. The van der Waals surface area contributed by atoms with Crippen molar-refractivity contribution >= 4 is 27.6 Å². The van der Waals surface area contributed by atoms with Gasteiger partial charge in [-0.15, -0.1) is 0 Å². The van der Waals surface area contributed by atoms with Crippen molar-refractivity contribution in [1.82, 2.24) is 4.31 Å². The van der Waals surface area contributed by atoms with Gasteiger partial charge in [-0.3, -0.25) is 0 Å². The quantitative estimate of drug-likeness (QED) is 0.642. The molecule has 2 aliphatic rings. The fraction of sp³-hybridized carbons (Fsp3) is 0.364. The second-order valence-electron chi connectivity index (χ2n) is 7.40. The molecule has 0 atom stereocenters. The number of anilines is 1. The van der Waals surface area contributed by atoms with E-state index in [2.05, 4.69) is 6.92 Å². The highest BCUT2D eigenvalue weighted by Crippen LogP contribution is 2.29. The van der Waals surface area contributed by atoms with Gasteiger partial charge in [0, 0.05) is 25.0 Å². The average Bonchev–Trinajstić information content (AvgIpc) is 3.01. The Morgan fingerprint density at radius 3 is 2.16 bits per heavy atom. The molecule has 3 rings (SSSR count). The number of carbonyl (C=O) groups is 2. The number of hydrogen-bond donors (Lipinski definition) is 0. The van der Waals surface area contributed by atoms with E-state index in [9.17, 15) is 18.0 Å². The lowest BCUT2D eigenvalue weighted by atomic mass is 10.0. The highest BCUT2D eigenvalue weighted by Gasteiger charge is 2.30. The van der Waals surface area contributed by atoms with Crippen LogP contribution in [0, 0.1) is 5.92 Å². The Kier molecular flexibility index (Phi) is 6.97. The van der Waals surface area contributed by atoms with Gasteiger partial charge in [0.2, 0.25) is 10.0 Å². The van der Waals surface area contributed by atoms with E-state index in [4.69, 9.17) is 9.47 Å². The van der Waals surface area contributed by atoms with Crippen molar-refractivity contribution < 1.29 is 27.5 Å². The van der Waals surface area contributed by atoms with Crippen LogP contribution in [0.2, 0.25) is 0 Å². The predicted molar refractivity (Wildman–Crippen MR) is 115 cm³/mol. The average molecular weight is 447 g/mol. The summed E-state index contributed by atoms with van der Waals surface area (Å²) in [6.45, 7) is 3.13. The van der Waals surface area contributed by atoms with Crippen molar-refractivity contribution in [3.05, 3.63) is 60.0 Å². The van der Waals surface area contributed by atoms with Crippen molar-refractivity contribution in [2.24, 2.45) is 5.92 Å². The molecule has 0 spiro atoms. The van der Waals surface area contributed by atoms with Crippen molar-refractivity contribution in [1.29, 1.82) is 0 Å². The Labute approximate surface area is 182 Å². The van der Waals surface area contributed by atoms with E-state index in [0.29, 0.717) is 24.7 Å². The summed E-state index contributed by atoms with van der Waals surface area (Å²) < 4.78 is 37.1. The Morgan fingerprint density at radius 2 is 1.58 bits per heavy atom. The fourth-order valence-electron chi connectivity index (χ4n) is 3.52. The van der Waals surface area contributed by atoms with Gasteiger partial charge in [0.05, 0.1) is 24.7 Å². The lowest BCUT2D eigenvalue weighted by molar-refractivity contribution is -0.139. The van der Waals surface area contributed by atoms with E-state index < -0.39 is 22.0 Å². The molecule has 0 radical (unpaired) electrons. The first kappa shape index (κ1) is 22.8. The summed E-state index contributed by atoms with van der Waals surface area (Å²) in [7, 11) is -1.15. The van der Waals surface area contributed by atoms with Crippen LogP contribution in [0.3, 0.4) is 0 Å². The number of benzene rings is 1. The van der Waals surface area contributed by atoms with Gasteiger partial charge in [-0.1, -0.05) is 13.0 Å². The Bertz CT molecular complexity index is 1030. The van der Waals surface area contributed by atoms with Crippen molar-refractivity contribution in [2.75, 3.05) is 32.2 Å². The number of carbonyl (C=O) groups excluding carboxylic acids is 2. The first-order valence-electron chi connectivity index (χ1n) is 9.94. The highest BCUT2D eigenvalue weighted by atomic mass is 32.2. The van der Waals surface area contributed by atoms with Gasteiger partial charge >= 0.3 is 11.9 Å². The molecule has 1 aromatic carbocycles. The van der Waals surface area contributed by atoms with Gasteiger partial charge in [-0.2, -0.15) is 4.31 Å². The maximum atomic E-state index is 13.0. The van der Waals surface area contributed by atoms with Crippen LogP contribution in [-0.4, -0.2) is 52.0 Å². The summed E-state index contributed by atoms with van der Waals surface area (Å²) in [4.78, 5) is 26.4. The van der Waals surface area contributed by atoms with E-state index >= 15 is 0 Å². The molecule has 0 aromatic heterocycles. The van der Waals surface area contributed by atoms with Crippen molar-refractivity contribution in [3.8, 4) is 0 Å². The number of piperidine rings is 1. The summed E-state index contributed by atoms with van der Waals surface area (Å²) in [5.74, 6) is -0.899. The molecule has 0 aliphatic carbocycles. The lowest BCUT2D eigenvalue weighted by Gasteiger charge is -2.29. The number of allylic oxidation sites excluding steroid dienone is 2. The molecule has 0 saturated carbocycles. The highest BCUT2D eigenvalue weighted by molar-refractivity contribution is 7.89. The molecule has 166 valence electrons. The standard InChI is InChI=1S/C22H26N2O6S/c1-16-11-14-23(15-12-16)31(27,28)18-9-7-17(8-10-18)24-13-5-4-6-19(21(25)29-2)20(24)22(26)30-3/h4-10,13,16H,11-12,14-15H2,1-3H3. The van der Waals surface area contributed by atoms with E-state index in [1.165, 1.54) is 41.6 Å². The Morgan fingerprint density at radius 1 is 0.968 bits per heavy atom. The summed E-state index contributed by atoms with van der Waals surface area (Å²) >= 11 is 0. The zero-order valence-electron chi connectivity index (χ0n) is 17.8. The second kappa shape index (κ2) is 9.49. The number of ether oxygens (including phenoxy) is 2. The first-order valence-corrected chi connectivity index (χ1v) is 11.4. The minimum absolute atomic E-state index is 0.0264. The minimum atomic E-state index is -3.60. The van der Waals surface area contributed by atoms with Gasteiger partial charge in [0.15, 0.2) is 0 Å². The molecule has 31 heavy (non-hydrogen) atoms. The third-order valence-electron chi connectivity index (χ3n) is 5.38. The number of hydrogen-bond acceptors (Lipinski definition) is 7. The zero-order chi connectivity index (χ0) is 22.6. The molecule has 2 aliphatic heterocycles. The molecule has 8 nitrogen and oxygen atoms in total. The normalized spacial score (nSPS) is 18.1. The fourth-order valence-corrected chi connectivity index (χ4v) is 4.99. The summed E-state index contributed by atoms with van der Waals surface area (Å²) in [6, 6.07) is 6.18. The van der Waals surface area contributed by atoms with Crippen molar-refractivity contribution in [3.63, 3.8) is 0 Å². The molecule has 0 bridgehead atoms. The largest absolute Gasteiger partial charge is 0.465 e. The zero-order valence-corrected chi connectivity index (χ0v) is 18.6. The molecule has 0 unspecified atom stereocenters. The van der Waals surface area contributed by atoms with E-state index in [-0.39, 0.29) is 16.2 Å².